The van der Waals surface area contributed by atoms with Gasteiger partial charge in [0.05, 0.1) is 18.9 Å². The third-order valence-electron chi connectivity index (χ3n) is 4.72. The van der Waals surface area contributed by atoms with Gasteiger partial charge in [-0.2, -0.15) is 0 Å². The van der Waals surface area contributed by atoms with Crippen LogP contribution in [0, 0.1) is 12.8 Å². The number of nitrogens with zero attached hydrogens (tertiary/aromatic N) is 1. The summed E-state index contributed by atoms with van der Waals surface area (Å²) in [5, 5.41) is 10.1. The Morgan fingerprint density at radius 1 is 1.52 bits per heavy atom. The Bertz CT molecular complexity index is 781. The summed E-state index contributed by atoms with van der Waals surface area (Å²) in [6, 6.07) is 4.21. The first kappa shape index (κ1) is 17.3. The van der Waals surface area contributed by atoms with Gasteiger partial charge in [-0.05, 0) is 43.9 Å². The number of anilines is 1. The van der Waals surface area contributed by atoms with Crippen LogP contribution in [-0.2, 0) is 9.59 Å². The molecule has 2 amide bonds. The molecule has 2 aromatic rings. The second-order valence-electron chi connectivity index (χ2n) is 6.39. The van der Waals surface area contributed by atoms with Crippen LogP contribution in [0.25, 0.3) is 11.0 Å². The maximum Gasteiger partial charge on any atom is 0.242 e. The molecule has 0 saturated heterocycles. The Morgan fingerprint density at radius 2 is 2.28 bits per heavy atom. The fraction of sp³-hybridized carbons (Fsp3) is 0.444. The van der Waals surface area contributed by atoms with E-state index < -0.39 is 18.6 Å². The van der Waals surface area contributed by atoms with E-state index in [0.717, 1.165) is 4.90 Å². The van der Waals surface area contributed by atoms with Crippen LogP contribution in [0.5, 0.6) is 5.75 Å². The quantitative estimate of drug-likeness (QED) is 0.708. The van der Waals surface area contributed by atoms with Gasteiger partial charge in [-0.15, -0.1) is 0 Å². The number of rotatable bonds is 8. The van der Waals surface area contributed by atoms with Crippen molar-refractivity contribution in [2.45, 2.75) is 32.2 Å². The number of ether oxygens (including phenoxy) is 1. The van der Waals surface area contributed by atoms with E-state index in [9.17, 15) is 14.7 Å². The summed E-state index contributed by atoms with van der Waals surface area (Å²) < 4.78 is 11.5. The number of aryl methyl sites for hydroxylation is 1. The van der Waals surface area contributed by atoms with E-state index in [1.165, 1.54) is 19.3 Å². The molecular weight excluding hydrogens is 324 g/mol. The highest BCUT2D eigenvalue weighted by atomic mass is 16.5. The summed E-state index contributed by atoms with van der Waals surface area (Å²) in [7, 11) is 0. The molecule has 0 radical (unpaired) electrons. The lowest BCUT2D eigenvalue weighted by Crippen LogP contribution is -2.47. The summed E-state index contributed by atoms with van der Waals surface area (Å²) >= 11 is 0. The number of amides is 2. The molecule has 7 heteroatoms. The fourth-order valence-corrected chi connectivity index (χ4v) is 3.07. The maximum atomic E-state index is 11.6. The topological polar surface area (TPSA) is 106 Å². The first-order valence-corrected chi connectivity index (χ1v) is 8.35. The summed E-state index contributed by atoms with van der Waals surface area (Å²) in [6.07, 6.45) is 4.11. The van der Waals surface area contributed by atoms with Gasteiger partial charge in [-0.3, -0.25) is 14.5 Å². The molecule has 1 atom stereocenters. The lowest BCUT2D eigenvalue weighted by Gasteiger charge is -2.25. The zero-order chi connectivity index (χ0) is 18.0. The molecule has 1 aromatic heterocycles. The Balaban J connectivity index is 1.96. The van der Waals surface area contributed by atoms with E-state index in [4.69, 9.17) is 14.9 Å². The Morgan fingerprint density at radius 3 is 2.84 bits per heavy atom. The molecule has 0 bridgehead atoms. The van der Waals surface area contributed by atoms with Gasteiger partial charge >= 0.3 is 0 Å². The number of carbonyl (C=O) groups excluding carboxylic acids is 2. The highest BCUT2D eigenvalue weighted by molar-refractivity contribution is 6.02. The molecule has 1 aliphatic rings. The monoisotopic (exact) mass is 346 g/mol. The van der Waals surface area contributed by atoms with Crippen molar-refractivity contribution in [3.8, 4) is 5.75 Å². The van der Waals surface area contributed by atoms with Gasteiger partial charge in [0.15, 0.2) is 0 Å². The normalized spacial score (nSPS) is 15.6. The second-order valence-corrected chi connectivity index (χ2v) is 6.39. The summed E-state index contributed by atoms with van der Waals surface area (Å²) in [6.45, 7) is 1.78. The van der Waals surface area contributed by atoms with Crippen molar-refractivity contribution in [2.24, 2.45) is 11.7 Å². The number of carbonyl (C=O) groups is 2. The third kappa shape index (κ3) is 3.32. The summed E-state index contributed by atoms with van der Waals surface area (Å²) in [4.78, 5) is 24.3. The van der Waals surface area contributed by atoms with E-state index in [1.807, 2.05) is 6.07 Å². The minimum absolute atomic E-state index is 0.414. The van der Waals surface area contributed by atoms with Crippen LogP contribution in [0.3, 0.4) is 0 Å². The second kappa shape index (κ2) is 7.14. The van der Waals surface area contributed by atoms with Gasteiger partial charge in [-0.1, -0.05) is 6.42 Å². The van der Waals surface area contributed by atoms with E-state index in [-0.39, 0.29) is 0 Å². The minimum atomic E-state index is -1.16. The van der Waals surface area contributed by atoms with E-state index in [0.29, 0.717) is 47.1 Å². The van der Waals surface area contributed by atoms with Gasteiger partial charge in [0.2, 0.25) is 12.3 Å². The average Bonchev–Trinajstić information content (AvgIpc) is 2.86. The van der Waals surface area contributed by atoms with Crippen molar-refractivity contribution < 1.29 is 23.8 Å². The minimum Gasteiger partial charge on any atom is -0.493 e. The number of hydrogen-bond donors (Lipinski definition) is 2. The lowest BCUT2D eigenvalue weighted by molar-refractivity contribution is -0.122. The number of hydrogen-bond acceptors (Lipinski definition) is 5. The molecule has 3 N–H and O–H groups in total. The molecule has 0 unspecified atom stereocenters. The molecule has 134 valence electrons. The predicted octanol–water partition coefficient (Wildman–Crippen LogP) is 1.73. The van der Waals surface area contributed by atoms with Crippen LogP contribution < -0.4 is 15.4 Å². The van der Waals surface area contributed by atoms with Crippen molar-refractivity contribution in [3.63, 3.8) is 0 Å². The van der Waals surface area contributed by atoms with Gasteiger partial charge in [0.1, 0.15) is 23.1 Å². The highest BCUT2D eigenvalue weighted by Gasteiger charge is 2.28. The number of fused-ring (bicyclic) bond motifs is 1. The van der Waals surface area contributed by atoms with Crippen LogP contribution in [0.2, 0.25) is 0 Å². The fourth-order valence-electron chi connectivity index (χ4n) is 3.07. The zero-order valence-corrected chi connectivity index (χ0v) is 14.1. The number of nitrogens with two attached hydrogens (primary N) is 1. The highest BCUT2D eigenvalue weighted by Crippen LogP contribution is 2.36. The Kier molecular flexibility index (Phi) is 4.94. The van der Waals surface area contributed by atoms with Gasteiger partial charge in [-0.25, -0.2) is 0 Å². The lowest BCUT2D eigenvalue weighted by atomic mass is 9.86. The molecule has 1 saturated carbocycles. The predicted molar refractivity (Wildman–Crippen MR) is 92.4 cm³/mol. The van der Waals surface area contributed by atoms with Gasteiger partial charge in [0, 0.05) is 5.39 Å². The van der Waals surface area contributed by atoms with E-state index in [1.54, 1.807) is 19.1 Å². The first-order valence-electron chi connectivity index (χ1n) is 8.35. The SMILES string of the molecule is Cc1oc2ccc(OCC3CCC3)cc2c1N(C=O)[C@@H](CO)C(N)=O. The molecule has 1 aromatic carbocycles. The summed E-state index contributed by atoms with van der Waals surface area (Å²) in [5.74, 6) is 0.937. The number of benzene rings is 1. The molecule has 1 fully saturated rings. The van der Waals surface area contributed by atoms with Crippen molar-refractivity contribution in [2.75, 3.05) is 18.1 Å². The number of aliphatic hydroxyl groups is 1. The number of aliphatic hydroxyl groups excluding tert-OH is 1. The smallest absolute Gasteiger partial charge is 0.242 e. The Labute approximate surface area is 145 Å². The van der Waals surface area contributed by atoms with Crippen LogP contribution in [0.4, 0.5) is 5.69 Å². The van der Waals surface area contributed by atoms with Crippen LogP contribution in [0.15, 0.2) is 22.6 Å². The molecule has 7 nitrogen and oxygen atoms in total. The summed E-state index contributed by atoms with van der Waals surface area (Å²) in [5.41, 5.74) is 6.28. The van der Waals surface area contributed by atoms with Crippen LogP contribution in [0.1, 0.15) is 25.0 Å². The van der Waals surface area contributed by atoms with Crippen molar-refractivity contribution in [1.29, 1.82) is 0 Å². The molecule has 25 heavy (non-hydrogen) atoms. The first-order chi connectivity index (χ1) is 12.0. The average molecular weight is 346 g/mol. The van der Waals surface area contributed by atoms with Crippen molar-refractivity contribution in [3.05, 3.63) is 24.0 Å². The van der Waals surface area contributed by atoms with Crippen molar-refractivity contribution >= 4 is 29.0 Å². The maximum absolute atomic E-state index is 11.6. The third-order valence-corrected chi connectivity index (χ3v) is 4.72. The molecule has 0 spiro atoms. The number of furan rings is 1. The van der Waals surface area contributed by atoms with Crippen LogP contribution >= 0.6 is 0 Å². The van der Waals surface area contributed by atoms with Gasteiger partial charge < -0.3 is 20.0 Å². The molecule has 1 heterocycles. The number of primary amides is 1. The molecule has 0 aliphatic heterocycles. The van der Waals surface area contributed by atoms with Crippen LogP contribution in [-0.4, -0.2) is 36.7 Å². The zero-order valence-electron chi connectivity index (χ0n) is 14.1. The molecular formula is C18H22N2O5. The standard InChI is InChI=1S/C18H22N2O5/c1-11-17(20(10-22)15(8-21)18(19)23)14-7-13(5-6-16(14)25-11)24-9-12-3-2-4-12/h5-7,10,12,15,21H,2-4,8-9H2,1H3,(H2,19,23)/t15-/m0/s1. The van der Waals surface area contributed by atoms with E-state index >= 15 is 0 Å². The molecule has 1 aliphatic carbocycles. The largest absolute Gasteiger partial charge is 0.493 e. The Hall–Kier alpha value is -2.54. The van der Waals surface area contributed by atoms with E-state index in [2.05, 4.69) is 0 Å². The van der Waals surface area contributed by atoms with Gasteiger partial charge in [0.25, 0.3) is 0 Å². The van der Waals surface area contributed by atoms with Crippen molar-refractivity contribution in [1.82, 2.24) is 0 Å². The molecule has 3 rings (SSSR count).